The fourth-order valence-corrected chi connectivity index (χ4v) is 3.73. The minimum atomic E-state index is -0.478. The van der Waals surface area contributed by atoms with Crippen LogP contribution in [0.4, 0.5) is 10.1 Å². The Morgan fingerprint density at radius 3 is 2.42 bits per heavy atom. The first kappa shape index (κ1) is 22.0. The lowest BCUT2D eigenvalue weighted by Crippen LogP contribution is -2.23. The van der Waals surface area contributed by atoms with Crippen LogP contribution in [0, 0.1) is 12.7 Å². The average Bonchev–Trinajstić information content (AvgIpc) is 2.82. The maximum absolute atomic E-state index is 14.6. The molecule has 4 aromatic rings. The number of halogens is 1. The summed E-state index contributed by atoms with van der Waals surface area (Å²) in [7, 11) is 3.32. The minimum Gasteiger partial charge on any atom is -0.454 e. The highest BCUT2D eigenvalue weighted by atomic mass is 19.1. The summed E-state index contributed by atoms with van der Waals surface area (Å²) in [6.45, 7) is 5.35. The number of hydrogen-bond donors (Lipinski definition) is 0. The van der Waals surface area contributed by atoms with Gasteiger partial charge in [0.15, 0.2) is 11.6 Å². The number of carbonyl (C=O) groups excluding carboxylic acids is 1. The Morgan fingerprint density at radius 1 is 1.03 bits per heavy atom. The standard InChI is InChI=1S/C27H23FN2O3/c1-5-26(31)30(4)18-11-13-24(33-25-12-10-17(2)14-23(25)28)21(15-18)22-16-29(3)27(32)20-9-7-6-8-19(20)22/h5-16H,1H2,2-4H3. The van der Waals surface area contributed by atoms with E-state index in [4.69, 9.17) is 4.74 Å². The van der Waals surface area contributed by atoms with Crippen LogP contribution in [0.25, 0.3) is 21.9 Å². The summed E-state index contributed by atoms with van der Waals surface area (Å²) >= 11 is 0. The topological polar surface area (TPSA) is 51.5 Å². The van der Waals surface area contributed by atoms with E-state index < -0.39 is 5.82 Å². The predicted octanol–water partition coefficient (Wildman–Crippen LogP) is 5.59. The number of aromatic nitrogens is 1. The molecule has 1 heterocycles. The average molecular weight is 442 g/mol. The fraction of sp³-hybridized carbons (Fsp3) is 0.111. The molecule has 0 aliphatic heterocycles. The number of anilines is 1. The largest absolute Gasteiger partial charge is 0.454 e. The van der Waals surface area contributed by atoms with E-state index in [9.17, 15) is 14.0 Å². The third-order valence-electron chi connectivity index (χ3n) is 5.54. The Kier molecular flexibility index (Phi) is 5.84. The normalized spacial score (nSPS) is 10.8. The van der Waals surface area contributed by atoms with E-state index in [-0.39, 0.29) is 17.2 Å². The van der Waals surface area contributed by atoms with Gasteiger partial charge in [0, 0.05) is 42.5 Å². The van der Waals surface area contributed by atoms with Crippen LogP contribution < -0.4 is 15.2 Å². The molecule has 0 saturated heterocycles. The molecule has 6 heteroatoms. The molecule has 166 valence electrons. The molecule has 0 fully saturated rings. The molecular formula is C27H23FN2O3. The predicted molar refractivity (Wildman–Crippen MR) is 129 cm³/mol. The van der Waals surface area contributed by atoms with Gasteiger partial charge in [-0.25, -0.2) is 4.39 Å². The van der Waals surface area contributed by atoms with Crippen molar-refractivity contribution in [3.05, 3.63) is 101 Å². The zero-order valence-electron chi connectivity index (χ0n) is 18.6. The van der Waals surface area contributed by atoms with E-state index in [1.165, 1.54) is 21.6 Å². The van der Waals surface area contributed by atoms with Crippen LogP contribution in [0.3, 0.4) is 0 Å². The number of amides is 1. The SMILES string of the molecule is C=CC(=O)N(C)c1ccc(Oc2ccc(C)cc2F)c(-c2cn(C)c(=O)c3ccccc23)c1. The van der Waals surface area contributed by atoms with Crippen molar-refractivity contribution in [2.75, 3.05) is 11.9 Å². The highest BCUT2D eigenvalue weighted by molar-refractivity contribution is 6.02. The van der Waals surface area contributed by atoms with Crippen LogP contribution in [0.1, 0.15) is 5.56 Å². The van der Waals surface area contributed by atoms with Crippen LogP contribution in [-0.4, -0.2) is 17.5 Å². The molecule has 0 saturated carbocycles. The maximum Gasteiger partial charge on any atom is 0.258 e. The van der Waals surface area contributed by atoms with Crippen LogP contribution in [0.15, 0.2) is 84.3 Å². The summed E-state index contributed by atoms with van der Waals surface area (Å²) in [5.41, 5.74) is 2.59. The van der Waals surface area contributed by atoms with Gasteiger partial charge >= 0.3 is 0 Å². The van der Waals surface area contributed by atoms with Crippen molar-refractivity contribution in [3.8, 4) is 22.6 Å². The molecule has 1 aromatic heterocycles. The maximum atomic E-state index is 14.6. The van der Waals surface area contributed by atoms with E-state index in [2.05, 4.69) is 6.58 Å². The number of pyridine rings is 1. The minimum absolute atomic E-state index is 0.0826. The lowest BCUT2D eigenvalue weighted by atomic mass is 9.99. The van der Waals surface area contributed by atoms with Crippen molar-refractivity contribution in [2.45, 2.75) is 6.92 Å². The van der Waals surface area contributed by atoms with Crippen molar-refractivity contribution >= 4 is 22.4 Å². The number of rotatable bonds is 5. The van der Waals surface area contributed by atoms with Gasteiger partial charge in [0.25, 0.3) is 5.56 Å². The number of hydrogen-bond acceptors (Lipinski definition) is 3. The molecule has 0 aliphatic rings. The van der Waals surface area contributed by atoms with E-state index in [1.807, 2.05) is 12.1 Å². The first-order valence-electron chi connectivity index (χ1n) is 10.4. The summed E-state index contributed by atoms with van der Waals surface area (Å²) in [6, 6.07) is 17.2. The van der Waals surface area contributed by atoms with Gasteiger partial charge in [0.2, 0.25) is 5.91 Å². The molecule has 5 nitrogen and oxygen atoms in total. The van der Waals surface area contributed by atoms with Crippen molar-refractivity contribution in [3.63, 3.8) is 0 Å². The van der Waals surface area contributed by atoms with E-state index in [0.717, 1.165) is 16.5 Å². The third kappa shape index (κ3) is 4.15. The Labute approximate surface area is 191 Å². The van der Waals surface area contributed by atoms with Gasteiger partial charge in [-0.05, 0) is 60.3 Å². The zero-order valence-corrected chi connectivity index (χ0v) is 18.6. The Bertz CT molecular complexity index is 1460. The van der Waals surface area contributed by atoms with Crippen LogP contribution in [0.2, 0.25) is 0 Å². The van der Waals surface area contributed by atoms with Crippen molar-refractivity contribution in [1.82, 2.24) is 4.57 Å². The third-order valence-corrected chi connectivity index (χ3v) is 5.54. The molecule has 33 heavy (non-hydrogen) atoms. The van der Waals surface area contributed by atoms with Crippen LogP contribution in [-0.2, 0) is 11.8 Å². The summed E-state index contributed by atoms with van der Waals surface area (Å²) < 4.78 is 22.1. The van der Waals surface area contributed by atoms with Gasteiger partial charge in [-0.2, -0.15) is 0 Å². The highest BCUT2D eigenvalue weighted by Gasteiger charge is 2.18. The zero-order chi connectivity index (χ0) is 23.7. The number of ether oxygens (including phenoxy) is 1. The summed E-state index contributed by atoms with van der Waals surface area (Å²) in [6.07, 6.45) is 2.95. The highest BCUT2D eigenvalue weighted by Crippen LogP contribution is 2.39. The quantitative estimate of drug-likeness (QED) is 0.379. The number of aryl methyl sites for hydroxylation is 2. The Balaban J connectivity index is 1.97. The van der Waals surface area contributed by atoms with Crippen molar-refractivity contribution < 1.29 is 13.9 Å². The first-order chi connectivity index (χ1) is 15.8. The molecule has 0 unspecified atom stereocenters. The van der Waals surface area contributed by atoms with Gasteiger partial charge in [-0.1, -0.05) is 30.8 Å². The molecule has 0 N–H and O–H groups in total. The van der Waals surface area contributed by atoms with Gasteiger partial charge in [-0.15, -0.1) is 0 Å². The number of fused-ring (bicyclic) bond motifs is 1. The molecule has 1 amide bonds. The summed E-state index contributed by atoms with van der Waals surface area (Å²) in [4.78, 5) is 26.3. The number of benzene rings is 3. The van der Waals surface area contributed by atoms with Crippen molar-refractivity contribution in [2.24, 2.45) is 7.05 Å². The molecular weight excluding hydrogens is 419 g/mol. The molecule has 0 spiro atoms. The molecule has 0 atom stereocenters. The second-order valence-corrected chi connectivity index (χ2v) is 7.82. The molecule has 0 radical (unpaired) electrons. The smallest absolute Gasteiger partial charge is 0.258 e. The van der Waals surface area contributed by atoms with Gasteiger partial charge in [0.1, 0.15) is 5.75 Å². The molecule has 3 aromatic carbocycles. The lowest BCUT2D eigenvalue weighted by Gasteiger charge is -2.20. The molecule has 0 aliphatic carbocycles. The summed E-state index contributed by atoms with van der Waals surface area (Å²) in [5.74, 6) is -0.275. The van der Waals surface area contributed by atoms with E-state index in [1.54, 1.807) is 69.7 Å². The van der Waals surface area contributed by atoms with Crippen molar-refractivity contribution in [1.29, 1.82) is 0 Å². The van der Waals surface area contributed by atoms with Gasteiger partial charge in [-0.3, -0.25) is 9.59 Å². The second kappa shape index (κ2) is 8.74. The van der Waals surface area contributed by atoms with Gasteiger partial charge < -0.3 is 14.2 Å². The van der Waals surface area contributed by atoms with Crippen LogP contribution in [0.5, 0.6) is 11.5 Å². The second-order valence-electron chi connectivity index (χ2n) is 7.82. The van der Waals surface area contributed by atoms with Crippen LogP contribution >= 0.6 is 0 Å². The van der Waals surface area contributed by atoms with Gasteiger partial charge in [0.05, 0.1) is 0 Å². The number of nitrogens with zero attached hydrogens (tertiary/aromatic N) is 2. The fourth-order valence-electron chi connectivity index (χ4n) is 3.73. The Hall–Kier alpha value is -4.19. The molecule has 0 bridgehead atoms. The number of carbonyl (C=O) groups is 1. The van der Waals surface area contributed by atoms with E-state index in [0.29, 0.717) is 22.4 Å². The van der Waals surface area contributed by atoms with E-state index >= 15 is 0 Å². The lowest BCUT2D eigenvalue weighted by molar-refractivity contribution is -0.113. The summed E-state index contributed by atoms with van der Waals surface area (Å²) in [5, 5.41) is 1.27. The Morgan fingerprint density at radius 2 is 1.73 bits per heavy atom. The first-order valence-corrected chi connectivity index (χ1v) is 10.4. The number of likely N-dealkylation sites (N-methyl/N-ethyl adjacent to an activating group) is 1. The molecule has 4 rings (SSSR count). The monoisotopic (exact) mass is 442 g/mol.